The van der Waals surface area contributed by atoms with Crippen LogP contribution < -0.4 is 0 Å². The molecule has 14 heavy (non-hydrogen) atoms. The number of rotatable bonds is 1. The van der Waals surface area contributed by atoms with E-state index < -0.39 is 0 Å². The summed E-state index contributed by atoms with van der Waals surface area (Å²) in [6.07, 6.45) is 7.03. The van der Waals surface area contributed by atoms with E-state index in [9.17, 15) is 4.79 Å². The third kappa shape index (κ3) is 1.84. The molecule has 0 saturated heterocycles. The van der Waals surface area contributed by atoms with Gasteiger partial charge >= 0.3 is 0 Å². The second-order valence-corrected chi connectivity index (χ2v) is 5.55. The van der Waals surface area contributed by atoms with E-state index in [1.54, 1.807) is 6.08 Å². The summed E-state index contributed by atoms with van der Waals surface area (Å²) < 4.78 is 0. The second kappa shape index (κ2) is 3.11. The summed E-state index contributed by atoms with van der Waals surface area (Å²) in [5.41, 5.74) is 0.197. The van der Waals surface area contributed by atoms with E-state index in [4.69, 9.17) is 0 Å². The van der Waals surface area contributed by atoms with Crippen molar-refractivity contribution in [2.75, 3.05) is 0 Å². The van der Waals surface area contributed by atoms with Crippen LogP contribution in [0.15, 0.2) is 12.3 Å². The quantitative estimate of drug-likeness (QED) is 0.637. The average molecular weight is 193 g/mol. The van der Waals surface area contributed by atoms with Crippen molar-refractivity contribution in [3.63, 3.8) is 0 Å². The van der Waals surface area contributed by atoms with Crippen molar-refractivity contribution in [1.29, 1.82) is 0 Å². The van der Waals surface area contributed by atoms with Gasteiger partial charge in [0.05, 0.1) is 0 Å². The highest BCUT2D eigenvalue weighted by Gasteiger charge is 2.39. The summed E-state index contributed by atoms with van der Waals surface area (Å²) in [6.45, 7) is 6.67. The molecule has 0 radical (unpaired) electrons. The lowest BCUT2D eigenvalue weighted by molar-refractivity contribution is -0.117. The van der Waals surface area contributed by atoms with Gasteiger partial charge in [0.1, 0.15) is 0 Å². The molecular weight excluding hydrogens is 174 g/mol. The lowest BCUT2D eigenvalue weighted by Crippen LogP contribution is -2.45. The van der Waals surface area contributed by atoms with Crippen molar-refractivity contribution in [1.82, 2.24) is 4.90 Å². The summed E-state index contributed by atoms with van der Waals surface area (Å²) in [6, 6.07) is 1.11. The SMILES string of the molecule is CC(C)(C)C1CC(=O)C=CN1C1CC1. The Morgan fingerprint density at radius 2 is 2.00 bits per heavy atom. The summed E-state index contributed by atoms with van der Waals surface area (Å²) in [4.78, 5) is 13.8. The maximum Gasteiger partial charge on any atom is 0.159 e. The maximum absolute atomic E-state index is 11.4. The van der Waals surface area contributed by atoms with Crippen molar-refractivity contribution in [3.05, 3.63) is 12.3 Å². The number of hydrogen-bond donors (Lipinski definition) is 0. The van der Waals surface area contributed by atoms with E-state index in [0.29, 0.717) is 18.5 Å². The van der Waals surface area contributed by atoms with Gasteiger partial charge in [0.15, 0.2) is 5.78 Å². The highest BCUT2D eigenvalue weighted by molar-refractivity contribution is 5.90. The zero-order valence-corrected chi connectivity index (χ0v) is 9.29. The summed E-state index contributed by atoms with van der Waals surface area (Å²) >= 11 is 0. The molecule has 1 aliphatic carbocycles. The van der Waals surface area contributed by atoms with Crippen LogP contribution in [0.5, 0.6) is 0 Å². The molecule has 2 aliphatic rings. The van der Waals surface area contributed by atoms with Gasteiger partial charge in [-0.1, -0.05) is 20.8 Å². The Labute approximate surface area is 86.0 Å². The highest BCUT2D eigenvalue weighted by Crippen LogP contribution is 2.38. The average Bonchev–Trinajstić information content (AvgIpc) is 2.85. The number of carbonyl (C=O) groups excluding carboxylic acids is 1. The molecule has 1 unspecified atom stereocenters. The molecule has 1 aliphatic heterocycles. The molecule has 2 nitrogen and oxygen atoms in total. The number of carbonyl (C=O) groups is 1. The monoisotopic (exact) mass is 193 g/mol. The molecule has 0 aromatic heterocycles. The lowest BCUT2D eigenvalue weighted by atomic mass is 9.81. The molecule has 1 heterocycles. The summed E-state index contributed by atoms with van der Waals surface area (Å²) in [5, 5.41) is 0. The first kappa shape index (κ1) is 9.75. The van der Waals surface area contributed by atoms with Crippen LogP contribution in [0.2, 0.25) is 0 Å². The first-order valence-electron chi connectivity index (χ1n) is 5.47. The molecule has 0 amide bonds. The Morgan fingerprint density at radius 1 is 1.36 bits per heavy atom. The summed E-state index contributed by atoms with van der Waals surface area (Å²) in [5.74, 6) is 0.279. The van der Waals surface area contributed by atoms with Gasteiger partial charge in [-0.05, 0) is 24.3 Å². The maximum atomic E-state index is 11.4. The minimum Gasteiger partial charge on any atom is -0.370 e. The standard InChI is InChI=1S/C12H19NO/c1-12(2,3)11-8-10(14)6-7-13(11)9-4-5-9/h6-7,9,11H,4-5,8H2,1-3H3. The van der Waals surface area contributed by atoms with Gasteiger partial charge in [0.25, 0.3) is 0 Å². The Morgan fingerprint density at radius 3 is 2.50 bits per heavy atom. The van der Waals surface area contributed by atoms with Gasteiger partial charge in [0.2, 0.25) is 0 Å². The van der Waals surface area contributed by atoms with Crippen LogP contribution in [0.3, 0.4) is 0 Å². The number of ketones is 1. The predicted octanol–water partition coefficient (Wildman–Crippen LogP) is 2.35. The number of hydrogen-bond acceptors (Lipinski definition) is 2. The molecule has 0 bridgehead atoms. The van der Waals surface area contributed by atoms with Gasteiger partial charge in [0, 0.05) is 24.7 Å². The molecule has 1 saturated carbocycles. The Kier molecular flexibility index (Phi) is 2.17. The third-order valence-electron chi connectivity index (χ3n) is 3.16. The van der Waals surface area contributed by atoms with E-state index in [0.717, 1.165) is 0 Å². The first-order valence-corrected chi connectivity index (χ1v) is 5.47. The Hall–Kier alpha value is -0.790. The van der Waals surface area contributed by atoms with Crippen LogP contribution in [-0.2, 0) is 4.79 Å². The molecule has 0 spiro atoms. The van der Waals surface area contributed by atoms with Gasteiger partial charge in [-0.3, -0.25) is 4.79 Å². The first-order chi connectivity index (χ1) is 6.48. The predicted molar refractivity (Wildman–Crippen MR) is 56.9 cm³/mol. The fourth-order valence-corrected chi connectivity index (χ4v) is 2.14. The van der Waals surface area contributed by atoms with Crippen LogP contribution in [0.25, 0.3) is 0 Å². The molecule has 78 valence electrons. The van der Waals surface area contributed by atoms with E-state index >= 15 is 0 Å². The molecule has 2 heteroatoms. The van der Waals surface area contributed by atoms with Crippen molar-refractivity contribution >= 4 is 5.78 Å². The number of allylic oxidation sites excluding steroid dienone is 1. The highest BCUT2D eigenvalue weighted by atomic mass is 16.1. The zero-order valence-electron chi connectivity index (χ0n) is 9.29. The Bertz CT molecular complexity index is 271. The van der Waals surface area contributed by atoms with Gasteiger partial charge in [-0.2, -0.15) is 0 Å². The molecule has 1 atom stereocenters. The van der Waals surface area contributed by atoms with E-state index in [1.807, 2.05) is 6.20 Å². The normalized spacial score (nSPS) is 28.4. The minimum absolute atomic E-state index is 0.197. The van der Waals surface area contributed by atoms with E-state index in [-0.39, 0.29) is 11.2 Å². The lowest BCUT2D eigenvalue weighted by Gasteiger charge is -2.41. The van der Waals surface area contributed by atoms with E-state index in [2.05, 4.69) is 25.7 Å². The van der Waals surface area contributed by atoms with E-state index in [1.165, 1.54) is 12.8 Å². The zero-order chi connectivity index (χ0) is 10.3. The van der Waals surface area contributed by atoms with Gasteiger partial charge in [-0.15, -0.1) is 0 Å². The molecule has 2 rings (SSSR count). The molecular formula is C12H19NO. The van der Waals surface area contributed by atoms with Crippen LogP contribution in [0, 0.1) is 5.41 Å². The molecule has 0 aromatic carbocycles. The van der Waals surface area contributed by atoms with Crippen molar-refractivity contribution in [3.8, 4) is 0 Å². The van der Waals surface area contributed by atoms with Crippen molar-refractivity contribution < 1.29 is 4.79 Å². The molecule has 0 aromatic rings. The smallest absolute Gasteiger partial charge is 0.159 e. The minimum atomic E-state index is 0.197. The second-order valence-electron chi connectivity index (χ2n) is 5.55. The van der Waals surface area contributed by atoms with Gasteiger partial charge in [-0.25, -0.2) is 0 Å². The fourth-order valence-electron chi connectivity index (χ4n) is 2.14. The van der Waals surface area contributed by atoms with Crippen molar-refractivity contribution in [2.45, 2.75) is 52.1 Å². The Balaban J connectivity index is 2.19. The van der Waals surface area contributed by atoms with Crippen LogP contribution in [-0.4, -0.2) is 22.8 Å². The largest absolute Gasteiger partial charge is 0.370 e. The molecule has 0 N–H and O–H groups in total. The summed E-state index contributed by atoms with van der Waals surface area (Å²) in [7, 11) is 0. The topological polar surface area (TPSA) is 20.3 Å². The van der Waals surface area contributed by atoms with Crippen LogP contribution in [0.4, 0.5) is 0 Å². The van der Waals surface area contributed by atoms with Gasteiger partial charge < -0.3 is 4.90 Å². The number of nitrogens with zero attached hydrogens (tertiary/aromatic N) is 1. The van der Waals surface area contributed by atoms with Crippen molar-refractivity contribution in [2.24, 2.45) is 5.41 Å². The van der Waals surface area contributed by atoms with Crippen LogP contribution >= 0.6 is 0 Å². The fraction of sp³-hybridized carbons (Fsp3) is 0.750. The van der Waals surface area contributed by atoms with Crippen LogP contribution in [0.1, 0.15) is 40.0 Å². The molecule has 1 fully saturated rings. The third-order valence-corrected chi connectivity index (χ3v) is 3.16.